The Balaban J connectivity index is 1.94. The molecule has 1 heterocycles. The Morgan fingerprint density at radius 1 is 0.923 bits per heavy atom. The number of ether oxygens (including phenoxy) is 1. The third-order valence-corrected chi connectivity index (χ3v) is 3.99. The summed E-state index contributed by atoms with van der Waals surface area (Å²) in [5.41, 5.74) is 2.61. The van der Waals surface area contributed by atoms with Gasteiger partial charge >= 0.3 is 0 Å². The largest absolute Gasteiger partial charge is 0.497 e. The van der Waals surface area contributed by atoms with Crippen molar-refractivity contribution in [2.75, 3.05) is 12.0 Å². The van der Waals surface area contributed by atoms with Crippen LogP contribution in [-0.2, 0) is 4.79 Å². The average Bonchev–Trinajstić information content (AvgIpc) is 2.69. The highest BCUT2D eigenvalue weighted by Gasteiger charge is 2.23. The second-order valence-corrected chi connectivity index (χ2v) is 6.16. The first-order valence-corrected chi connectivity index (χ1v) is 8.45. The number of carbonyl (C=O) groups excluding carboxylic acids is 1. The number of aromatic nitrogens is 2. The Bertz CT molecular complexity index is 860. The van der Waals surface area contributed by atoms with E-state index in [0.717, 1.165) is 22.6 Å². The normalized spacial score (nSPS) is 10.6. The molecule has 0 unspecified atom stereocenters. The van der Waals surface area contributed by atoms with Gasteiger partial charge < -0.3 is 4.74 Å². The maximum absolute atomic E-state index is 12.7. The highest BCUT2D eigenvalue weighted by atomic mass is 16.5. The van der Waals surface area contributed by atoms with Gasteiger partial charge in [-0.25, -0.2) is 14.9 Å². The van der Waals surface area contributed by atoms with Crippen molar-refractivity contribution >= 4 is 17.5 Å². The maximum Gasteiger partial charge on any atom is 0.236 e. The van der Waals surface area contributed by atoms with E-state index in [1.165, 1.54) is 0 Å². The van der Waals surface area contributed by atoms with Crippen LogP contribution in [0.1, 0.15) is 13.8 Å². The summed E-state index contributed by atoms with van der Waals surface area (Å²) in [6.07, 6.45) is 3.46. The number of nitrogens with zero attached hydrogens (tertiary/aromatic N) is 3. The van der Waals surface area contributed by atoms with Crippen molar-refractivity contribution in [3.63, 3.8) is 0 Å². The van der Waals surface area contributed by atoms with Gasteiger partial charge in [-0.1, -0.05) is 44.2 Å². The molecule has 0 aliphatic rings. The van der Waals surface area contributed by atoms with Crippen LogP contribution in [0, 0.1) is 5.92 Å². The molecular weight excluding hydrogens is 326 g/mol. The lowest BCUT2D eigenvalue weighted by molar-refractivity contribution is -0.120. The first-order chi connectivity index (χ1) is 12.6. The number of methoxy groups -OCH3 is 1. The first kappa shape index (κ1) is 17.6. The van der Waals surface area contributed by atoms with Gasteiger partial charge in [0.25, 0.3) is 0 Å². The van der Waals surface area contributed by atoms with Crippen molar-refractivity contribution in [1.82, 2.24) is 9.97 Å². The van der Waals surface area contributed by atoms with Crippen molar-refractivity contribution in [3.05, 3.63) is 67.0 Å². The van der Waals surface area contributed by atoms with E-state index < -0.39 is 0 Å². The molecule has 5 nitrogen and oxygen atoms in total. The molecule has 0 bridgehead atoms. The molecule has 0 atom stereocenters. The number of amides is 1. The van der Waals surface area contributed by atoms with Crippen molar-refractivity contribution < 1.29 is 9.53 Å². The van der Waals surface area contributed by atoms with Gasteiger partial charge in [-0.15, -0.1) is 0 Å². The van der Waals surface area contributed by atoms with E-state index in [4.69, 9.17) is 4.74 Å². The molecular formula is C21H21N3O2. The van der Waals surface area contributed by atoms with Crippen LogP contribution in [0.25, 0.3) is 11.1 Å². The van der Waals surface area contributed by atoms with Crippen LogP contribution in [0.15, 0.2) is 67.0 Å². The molecule has 132 valence electrons. The number of carbonyl (C=O) groups is 1. The van der Waals surface area contributed by atoms with E-state index in [1.54, 1.807) is 24.4 Å². The van der Waals surface area contributed by atoms with Crippen LogP contribution >= 0.6 is 0 Å². The number of anilines is 2. The van der Waals surface area contributed by atoms with E-state index in [2.05, 4.69) is 9.97 Å². The van der Waals surface area contributed by atoms with E-state index in [9.17, 15) is 4.79 Å². The fraction of sp³-hybridized carbons (Fsp3) is 0.190. The maximum atomic E-state index is 12.7. The third kappa shape index (κ3) is 3.72. The van der Waals surface area contributed by atoms with Crippen molar-refractivity contribution in [3.8, 4) is 16.9 Å². The molecule has 0 aliphatic carbocycles. The lowest BCUT2D eigenvalue weighted by Crippen LogP contribution is -2.31. The van der Waals surface area contributed by atoms with Gasteiger partial charge in [-0.05, 0) is 29.8 Å². The molecule has 1 aromatic heterocycles. The summed E-state index contributed by atoms with van der Waals surface area (Å²) < 4.78 is 5.18. The summed E-state index contributed by atoms with van der Waals surface area (Å²) in [5, 5.41) is 0. The van der Waals surface area contributed by atoms with E-state index in [1.807, 2.05) is 68.4 Å². The van der Waals surface area contributed by atoms with Crippen molar-refractivity contribution in [2.45, 2.75) is 13.8 Å². The zero-order valence-electron chi connectivity index (χ0n) is 15.1. The van der Waals surface area contributed by atoms with E-state index in [-0.39, 0.29) is 11.8 Å². The van der Waals surface area contributed by atoms with Crippen LogP contribution < -0.4 is 9.64 Å². The summed E-state index contributed by atoms with van der Waals surface area (Å²) >= 11 is 0. The van der Waals surface area contributed by atoms with Gasteiger partial charge in [0, 0.05) is 23.9 Å². The smallest absolute Gasteiger partial charge is 0.236 e. The van der Waals surface area contributed by atoms with Crippen LogP contribution in [0.2, 0.25) is 0 Å². The molecule has 0 aliphatic heterocycles. The quantitative estimate of drug-likeness (QED) is 0.683. The van der Waals surface area contributed by atoms with E-state index >= 15 is 0 Å². The third-order valence-electron chi connectivity index (χ3n) is 3.99. The second-order valence-electron chi connectivity index (χ2n) is 6.16. The van der Waals surface area contributed by atoms with Crippen LogP contribution in [0.4, 0.5) is 11.6 Å². The van der Waals surface area contributed by atoms with Crippen LogP contribution in [-0.4, -0.2) is 23.0 Å². The molecule has 0 spiro atoms. The zero-order valence-corrected chi connectivity index (χ0v) is 15.1. The van der Waals surface area contributed by atoms with Gasteiger partial charge in [-0.3, -0.25) is 4.79 Å². The molecule has 0 N–H and O–H groups in total. The molecule has 26 heavy (non-hydrogen) atoms. The molecule has 0 radical (unpaired) electrons. The second kappa shape index (κ2) is 7.78. The Hall–Kier alpha value is -3.21. The summed E-state index contributed by atoms with van der Waals surface area (Å²) in [6.45, 7) is 3.73. The molecule has 0 fully saturated rings. The molecule has 0 saturated heterocycles. The Labute approximate surface area is 153 Å². The predicted molar refractivity (Wildman–Crippen MR) is 102 cm³/mol. The lowest BCUT2D eigenvalue weighted by Gasteiger charge is -2.22. The van der Waals surface area contributed by atoms with Crippen molar-refractivity contribution in [1.29, 1.82) is 0 Å². The number of para-hydroxylation sites is 1. The molecule has 1 amide bonds. The van der Waals surface area contributed by atoms with E-state index in [0.29, 0.717) is 5.95 Å². The molecule has 2 aromatic carbocycles. The average molecular weight is 347 g/mol. The fourth-order valence-electron chi connectivity index (χ4n) is 2.55. The van der Waals surface area contributed by atoms with Gasteiger partial charge in [-0.2, -0.15) is 0 Å². The highest BCUT2D eigenvalue weighted by molar-refractivity contribution is 5.99. The van der Waals surface area contributed by atoms with Gasteiger partial charge in [0.1, 0.15) is 5.75 Å². The summed E-state index contributed by atoms with van der Waals surface area (Å²) in [5.74, 6) is 0.949. The SMILES string of the molecule is COc1ccc(-c2cnc(N(C(=O)C(C)C)c3ccccc3)nc2)cc1. The topological polar surface area (TPSA) is 55.3 Å². The molecule has 0 saturated carbocycles. The lowest BCUT2D eigenvalue weighted by atomic mass is 10.1. The minimum absolute atomic E-state index is 0.0478. The number of hydrogen-bond acceptors (Lipinski definition) is 4. The Morgan fingerprint density at radius 3 is 2.08 bits per heavy atom. The highest BCUT2D eigenvalue weighted by Crippen LogP contribution is 2.26. The summed E-state index contributed by atoms with van der Waals surface area (Å²) in [4.78, 5) is 23.1. The van der Waals surface area contributed by atoms with Gasteiger partial charge in [0.15, 0.2) is 0 Å². The molecule has 3 rings (SSSR count). The number of benzene rings is 2. The molecule has 3 aromatic rings. The van der Waals surface area contributed by atoms with Gasteiger partial charge in [0.2, 0.25) is 11.9 Å². The first-order valence-electron chi connectivity index (χ1n) is 8.45. The fourth-order valence-corrected chi connectivity index (χ4v) is 2.55. The minimum Gasteiger partial charge on any atom is -0.497 e. The predicted octanol–water partition coefficient (Wildman–Crippen LogP) is 4.47. The van der Waals surface area contributed by atoms with Gasteiger partial charge in [0.05, 0.1) is 12.8 Å². The summed E-state index contributed by atoms with van der Waals surface area (Å²) in [6, 6.07) is 17.1. The molecule has 5 heteroatoms. The Kier molecular flexibility index (Phi) is 5.27. The number of hydrogen-bond donors (Lipinski definition) is 0. The summed E-state index contributed by atoms with van der Waals surface area (Å²) in [7, 11) is 1.64. The minimum atomic E-state index is -0.167. The standard InChI is InChI=1S/C21H21N3O2/c1-15(2)20(25)24(18-7-5-4-6-8-18)21-22-13-17(14-23-21)16-9-11-19(26-3)12-10-16/h4-15H,1-3H3. The number of rotatable bonds is 5. The Morgan fingerprint density at radius 2 is 1.54 bits per heavy atom. The zero-order chi connectivity index (χ0) is 18.5. The van der Waals surface area contributed by atoms with Crippen LogP contribution in [0.5, 0.6) is 5.75 Å². The van der Waals surface area contributed by atoms with Crippen LogP contribution in [0.3, 0.4) is 0 Å². The monoisotopic (exact) mass is 347 g/mol. The van der Waals surface area contributed by atoms with Crippen molar-refractivity contribution in [2.24, 2.45) is 5.92 Å².